The first-order valence-corrected chi connectivity index (χ1v) is 7.96. The minimum atomic E-state index is 0.138. The maximum Gasteiger partial charge on any atom is 0.180 e. The standard InChI is InChI=1S/C17H15NO2S/c19-15(14-11-20-16-4-2-1-3-13(14)16)10-18-7-5-17-12(9-18)6-8-21-17/h1-4,6,8,11H,5,7,9-10H2. The van der Waals surface area contributed by atoms with Crippen molar-refractivity contribution in [1.29, 1.82) is 0 Å². The fourth-order valence-electron chi connectivity index (χ4n) is 2.92. The number of thiophene rings is 1. The second-order valence-electron chi connectivity index (χ2n) is 5.40. The Morgan fingerprint density at radius 3 is 3.14 bits per heavy atom. The highest BCUT2D eigenvalue weighted by molar-refractivity contribution is 7.10. The van der Waals surface area contributed by atoms with Gasteiger partial charge in [0.1, 0.15) is 11.8 Å². The SMILES string of the molecule is O=C(CN1CCc2sccc2C1)c1coc2ccccc12. The molecule has 1 aromatic carbocycles. The maximum absolute atomic E-state index is 12.5. The Balaban J connectivity index is 1.54. The molecule has 0 amide bonds. The molecule has 0 N–H and O–H groups in total. The number of nitrogens with zero attached hydrogens (tertiary/aromatic N) is 1. The van der Waals surface area contributed by atoms with Crippen molar-refractivity contribution in [3.8, 4) is 0 Å². The van der Waals surface area contributed by atoms with E-state index >= 15 is 0 Å². The van der Waals surface area contributed by atoms with Gasteiger partial charge in [-0.25, -0.2) is 0 Å². The summed E-state index contributed by atoms with van der Waals surface area (Å²) in [6.07, 6.45) is 2.64. The first-order chi connectivity index (χ1) is 10.3. The third kappa shape index (κ3) is 2.30. The second kappa shape index (κ2) is 5.13. The Bertz CT molecular complexity index is 802. The van der Waals surface area contributed by atoms with E-state index in [1.807, 2.05) is 35.6 Å². The summed E-state index contributed by atoms with van der Waals surface area (Å²) in [6, 6.07) is 9.86. The van der Waals surface area contributed by atoms with Crippen LogP contribution in [0.25, 0.3) is 11.0 Å². The summed E-state index contributed by atoms with van der Waals surface area (Å²) in [5.41, 5.74) is 2.84. The van der Waals surface area contributed by atoms with E-state index in [0.717, 1.165) is 30.5 Å². The van der Waals surface area contributed by atoms with Crippen LogP contribution in [0.4, 0.5) is 0 Å². The lowest BCUT2D eigenvalue weighted by molar-refractivity contribution is 0.0923. The monoisotopic (exact) mass is 297 g/mol. The fourth-order valence-corrected chi connectivity index (χ4v) is 3.81. The molecule has 3 heterocycles. The molecule has 4 rings (SSSR count). The topological polar surface area (TPSA) is 33.5 Å². The number of para-hydroxylation sites is 1. The molecule has 0 bridgehead atoms. The molecule has 0 unspecified atom stereocenters. The molecule has 4 heteroatoms. The van der Waals surface area contributed by atoms with Crippen molar-refractivity contribution in [2.24, 2.45) is 0 Å². The van der Waals surface area contributed by atoms with Crippen LogP contribution in [0.1, 0.15) is 20.8 Å². The lowest BCUT2D eigenvalue weighted by atomic mass is 10.1. The third-order valence-electron chi connectivity index (χ3n) is 4.04. The van der Waals surface area contributed by atoms with E-state index in [1.165, 1.54) is 10.4 Å². The number of carbonyl (C=O) groups is 1. The average molecular weight is 297 g/mol. The van der Waals surface area contributed by atoms with Gasteiger partial charge in [0.25, 0.3) is 0 Å². The lowest BCUT2D eigenvalue weighted by Crippen LogP contribution is -2.34. The number of Topliss-reactive ketones (excluding diaryl/α,β-unsaturated/α-hetero) is 1. The van der Waals surface area contributed by atoms with E-state index in [9.17, 15) is 4.79 Å². The highest BCUT2D eigenvalue weighted by atomic mass is 32.1. The molecule has 0 spiro atoms. The molecule has 0 saturated carbocycles. The summed E-state index contributed by atoms with van der Waals surface area (Å²) in [7, 11) is 0. The fraction of sp³-hybridized carbons (Fsp3) is 0.235. The van der Waals surface area contributed by atoms with E-state index < -0.39 is 0 Å². The number of fused-ring (bicyclic) bond motifs is 2. The molecule has 0 aliphatic carbocycles. The molecule has 0 atom stereocenters. The Morgan fingerprint density at radius 1 is 1.29 bits per heavy atom. The van der Waals surface area contributed by atoms with Gasteiger partial charge in [-0.15, -0.1) is 11.3 Å². The number of hydrogen-bond acceptors (Lipinski definition) is 4. The minimum absolute atomic E-state index is 0.138. The van der Waals surface area contributed by atoms with E-state index in [-0.39, 0.29) is 5.78 Å². The van der Waals surface area contributed by atoms with E-state index in [4.69, 9.17) is 4.42 Å². The maximum atomic E-state index is 12.5. The molecular formula is C17H15NO2S. The highest BCUT2D eigenvalue weighted by Gasteiger charge is 2.21. The van der Waals surface area contributed by atoms with Crippen LogP contribution in [-0.4, -0.2) is 23.8 Å². The zero-order chi connectivity index (χ0) is 14.2. The van der Waals surface area contributed by atoms with Gasteiger partial charge in [0.15, 0.2) is 5.78 Å². The van der Waals surface area contributed by atoms with Crippen molar-refractivity contribution < 1.29 is 9.21 Å². The molecule has 106 valence electrons. The predicted octanol–water partition coefficient (Wildman–Crippen LogP) is 3.74. The Labute approximate surface area is 126 Å². The van der Waals surface area contributed by atoms with Crippen molar-refractivity contribution in [2.75, 3.05) is 13.1 Å². The van der Waals surface area contributed by atoms with Crippen LogP contribution in [0, 0.1) is 0 Å². The van der Waals surface area contributed by atoms with Crippen LogP contribution < -0.4 is 0 Å². The number of rotatable bonds is 3. The summed E-state index contributed by atoms with van der Waals surface area (Å²) in [5.74, 6) is 0.138. The van der Waals surface area contributed by atoms with E-state index in [1.54, 1.807) is 6.26 Å². The largest absolute Gasteiger partial charge is 0.464 e. The van der Waals surface area contributed by atoms with Gasteiger partial charge in [-0.05, 0) is 29.5 Å². The highest BCUT2D eigenvalue weighted by Crippen LogP contribution is 2.25. The molecule has 1 aliphatic rings. The van der Waals surface area contributed by atoms with Crippen molar-refractivity contribution in [3.05, 3.63) is 58.0 Å². The molecule has 3 nitrogen and oxygen atoms in total. The number of carbonyl (C=O) groups excluding carboxylic acids is 1. The van der Waals surface area contributed by atoms with Crippen molar-refractivity contribution in [2.45, 2.75) is 13.0 Å². The quantitative estimate of drug-likeness (QED) is 0.691. The van der Waals surface area contributed by atoms with E-state index in [0.29, 0.717) is 12.1 Å². The third-order valence-corrected chi connectivity index (χ3v) is 5.06. The molecule has 0 fully saturated rings. The van der Waals surface area contributed by atoms with Gasteiger partial charge < -0.3 is 4.42 Å². The Hall–Kier alpha value is -1.91. The predicted molar refractivity (Wildman–Crippen MR) is 83.8 cm³/mol. The Morgan fingerprint density at radius 2 is 2.19 bits per heavy atom. The van der Waals surface area contributed by atoms with Crippen LogP contribution in [0.2, 0.25) is 0 Å². The Kier molecular flexibility index (Phi) is 3.13. The normalized spacial score (nSPS) is 15.2. The first kappa shape index (κ1) is 12.8. The molecule has 1 aliphatic heterocycles. The summed E-state index contributed by atoms with van der Waals surface area (Å²) < 4.78 is 5.47. The molecule has 0 radical (unpaired) electrons. The summed E-state index contributed by atoms with van der Waals surface area (Å²) >= 11 is 1.82. The van der Waals surface area contributed by atoms with Crippen LogP contribution in [0.15, 0.2) is 46.4 Å². The summed E-state index contributed by atoms with van der Waals surface area (Å²) in [5, 5.41) is 3.05. The van der Waals surface area contributed by atoms with Crippen LogP contribution in [0.5, 0.6) is 0 Å². The van der Waals surface area contributed by atoms with E-state index in [2.05, 4.69) is 16.3 Å². The zero-order valence-corrected chi connectivity index (χ0v) is 12.4. The second-order valence-corrected chi connectivity index (χ2v) is 6.40. The smallest absolute Gasteiger partial charge is 0.180 e. The van der Waals surface area contributed by atoms with Crippen LogP contribution >= 0.6 is 11.3 Å². The van der Waals surface area contributed by atoms with Gasteiger partial charge >= 0.3 is 0 Å². The molecule has 2 aromatic heterocycles. The van der Waals surface area contributed by atoms with Crippen molar-refractivity contribution >= 4 is 28.1 Å². The van der Waals surface area contributed by atoms with Gasteiger partial charge in [-0.1, -0.05) is 18.2 Å². The summed E-state index contributed by atoms with van der Waals surface area (Å²) in [6.45, 7) is 2.29. The molecule has 3 aromatic rings. The van der Waals surface area contributed by atoms with Gasteiger partial charge in [0, 0.05) is 23.4 Å². The van der Waals surface area contributed by atoms with Crippen molar-refractivity contribution in [3.63, 3.8) is 0 Å². The minimum Gasteiger partial charge on any atom is -0.464 e. The van der Waals surface area contributed by atoms with Crippen molar-refractivity contribution in [1.82, 2.24) is 4.90 Å². The zero-order valence-electron chi connectivity index (χ0n) is 11.5. The van der Waals surface area contributed by atoms with Gasteiger partial charge in [0.2, 0.25) is 0 Å². The van der Waals surface area contributed by atoms with Gasteiger partial charge in [0.05, 0.1) is 12.1 Å². The first-order valence-electron chi connectivity index (χ1n) is 7.08. The summed E-state index contributed by atoms with van der Waals surface area (Å²) in [4.78, 5) is 16.2. The average Bonchev–Trinajstić information content (AvgIpc) is 3.13. The molecular weight excluding hydrogens is 282 g/mol. The number of ketones is 1. The molecule has 21 heavy (non-hydrogen) atoms. The van der Waals surface area contributed by atoms with Crippen LogP contribution in [0.3, 0.4) is 0 Å². The van der Waals surface area contributed by atoms with Crippen LogP contribution in [-0.2, 0) is 13.0 Å². The number of furan rings is 1. The van der Waals surface area contributed by atoms with Gasteiger partial charge in [-0.2, -0.15) is 0 Å². The lowest BCUT2D eigenvalue weighted by Gasteiger charge is -2.25. The number of hydrogen-bond donors (Lipinski definition) is 0. The molecule has 0 saturated heterocycles. The number of benzene rings is 1. The van der Waals surface area contributed by atoms with Gasteiger partial charge in [-0.3, -0.25) is 9.69 Å².